The number of benzene rings is 1. The molecular formula is C14H19N3O2. The number of phenolic OH excluding ortho intramolecular Hbond substituents is 1. The molecule has 19 heavy (non-hydrogen) atoms. The van der Waals surface area contributed by atoms with Crippen LogP contribution in [-0.4, -0.2) is 29.6 Å². The molecule has 3 aliphatic rings. The van der Waals surface area contributed by atoms with Crippen molar-refractivity contribution < 1.29 is 9.90 Å². The molecule has 102 valence electrons. The van der Waals surface area contributed by atoms with Gasteiger partial charge in [0.25, 0.3) is 5.91 Å². The molecule has 5 N–H and O–H groups in total. The Morgan fingerprint density at radius 2 is 2.26 bits per heavy atom. The highest BCUT2D eigenvalue weighted by Gasteiger charge is 2.36. The maximum Gasteiger partial charge on any atom is 0.251 e. The molecule has 3 atom stereocenters. The quantitative estimate of drug-likeness (QED) is 0.469. The topological polar surface area (TPSA) is 87.4 Å². The Kier molecular flexibility index (Phi) is 3.06. The molecule has 1 saturated carbocycles. The number of carbonyl (C=O) groups excluding carboxylic acids is 1. The largest absolute Gasteiger partial charge is 0.506 e. The summed E-state index contributed by atoms with van der Waals surface area (Å²) in [5.74, 6) is 0.435. The Morgan fingerprint density at radius 3 is 2.84 bits per heavy atom. The van der Waals surface area contributed by atoms with Gasteiger partial charge in [-0.15, -0.1) is 0 Å². The number of nitrogens with two attached hydrogens (primary N) is 1. The molecule has 2 saturated heterocycles. The van der Waals surface area contributed by atoms with Crippen LogP contribution in [0.15, 0.2) is 18.2 Å². The zero-order valence-electron chi connectivity index (χ0n) is 10.7. The minimum absolute atomic E-state index is 0.0115. The molecule has 4 rings (SSSR count). The first-order chi connectivity index (χ1) is 9.13. The highest BCUT2D eigenvalue weighted by molar-refractivity contribution is 5.95. The van der Waals surface area contributed by atoms with Gasteiger partial charge in [0.15, 0.2) is 0 Å². The number of phenols is 1. The molecule has 2 bridgehead atoms. The standard InChI is InChI=1S/C14H19N3O2/c15-11-5-8(2-4-13(11)18)14(19)17-12-6-10-3-1-9(12)7-16-10/h2,4-5,9-10,12,16,18H,1,3,6-7,15H2,(H,17,19)/t9?,10?,12-/m1/s1. The lowest BCUT2D eigenvalue weighted by Crippen LogP contribution is -2.57. The maximum atomic E-state index is 12.2. The van der Waals surface area contributed by atoms with Crippen LogP contribution in [0.25, 0.3) is 0 Å². The van der Waals surface area contributed by atoms with Crippen molar-refractivity contribution in [2.45, 2.75) is 31.3 Å². The number of hydrogen-bond donors (Lipinski definition) is 4. The van der Waals surface area contributed by atoms with Crippen molar-refractivity contribution in [3.05, 3.63) is 23.8 Å². The zero-order valence-corrected chi connectivity index (χ0v) is 10.7. The lowest BCUT2D eigenvalue weighted by Gasteiger charge is -2.43. The number of fused-ring (bicyclic) bond motifs is 3. The van der Waals surface area contributed by atoms with Gasteiger partial charge < -0.3 is 21.5 Å². The smallest absolute Gasteiger partial charge is 0.251 e. The Balaban J connectivity index is 1.69. The number of piperidine rings is 2. The van der Waals surface area contributed by atoms with Crippen LogP contribution in [0.1, 0.15) is 29.6 Å². The van der Waals surface area contributed by atoms with E-state index in [1.54, 1.807) is 6.07 Å². The molecular weight excluding hydrogens is 242 g/mol. The van der Waals surface area contributed by atoms with E-state index in [1.807, 2.05) is 0 Å². The molecule has 0 aromatic heterocycles. The van der Waals surface area contributed by atoms with Gasteiger partial charge in [0.2, 0.25) is 0 Å². The van der Waals surface area contributed by atoms with E-state index in [0.29, 0.717) is 17.5 Å². The van der Waals surface area contributed by atoms with Crippen LogP contribution < -0.4 is 16.4 Å². The van der Waals surface area contributed by atoms with Gasteiger partial charge in [-0.05, 0) is 43.4 Å². The fourth-order valence-electron chi connectivity index (χ4n) is 3.11. The van der Waals surface area contributed by atoms with Crippen molar-refractivity contribution in [1.29, 1.82) is 0 Å². The third kappa shape index (κ3) is 2.38. The van der Waals surface area contributed by atoms with Gasteiger partial charge in [0, 0.05) is 24.2 Å². The van der Waals surface area contributed by atoms with Crippen LogP contribution in [0.2, 0.25) is 0 Å². The minimum Gasteiger partial charge on any atom is -0.506 e. The minimum atomic E-state index is -0.107. The van der Waals surface area contributed by atoms with Crippen LogP contribution >= 0.6 is 0 Å². The summed E-state index contributed by atoms with van der Waals surface area (Å²) in [4.78, 5) is 12.2. The highest BCUT2D eigenvalue weighted by atomic mass is 16.3. The molecule has 2 unspecified atom stereocenters. The highest BCUT2D eigenvalue weighted by Crippen LogP contribution is 2.29. The molecule has 2 aliphatic heterocycles. The SMILES string of the molecule is Nc1cc(C(=O)N[C@@H]2CC3CCC2CN3)ccc1O. The second kappa shape index (κ2) is 4.74. The van der Waals surface area contributed by atoms with Gasteiger partial charge >= 0.3 is 0 Å². The number of nitrogens with one attached hydrogen (secondary N) is 2. The first-order valence-electron chi connectivity index (χ1n) is 6.76. The van der Waals surface area contributed by atoms with E-state index < -0.39 is 0 Å². The van der Waals surface area contributed by atoms with Gasteiger partial charge in [0.1, 0.15) is 5.75 Å². The molecule has 3 fully saturated rings. The summed E-state index contributed by atoms with van der Waals surface area (Å²) in [6.45, 7) is 0.993. The van der Waals surface area contributed by atoms with E-state index in [9.17, 15) is 9.90 Å². The van der Waals surface area contributed by atoms with E-state index in [0.717, 1.165) is 13.0 Å². The summed E-state index contributed by atoms with van der Waals surface area (Å²) in [5, 5.41) is 15.9. The lowest BCUT2D eigenvalue weighted by atomic mass is 9.77. The van der Waals surface area contributed by atoms with Crippen molar-refractivity contribution in [3.63, 3.8) is 0 Å². The predicted octanol–water partition coefficient (Wildman–Crippen LogP) is 0.845. The molecule has 1 aliphatic carbocycles. The van der Waals surface area contributed by atoms with Crippen molar-refractivity contribution >= 4 is 11.6 Å². The maximum absolute atomic E-state index is 12.2. The van der Waals surface area contributed by atoms with Gasteiger partial charge in [-0.25, -0.2) is 0 Å². The molecule has 0 radical (unpaired) electrons. The van der Waals surface area contributed by atoms with Crippen molar-refractivity contribution in [2.24, 2.45) is 5.92 Å². The van der Waals surface area contributed by atoms with E-state index in [1.165, 1.54) is 25.0 Å². The van der Waals surface area contributed by atoms with Crippen LogP contribution in [0, 0.1) is 5.92 Å². The summed E-state index contributed by atoms with van der Waals surface area (Å²) in [6.07, 6.45) is 3.40. The lowest BCUT2D eigenvalue weighted by molar-refractivity contribution is 0.0859. The molecule has 1 aromatic carbocycles. The third-order valence-corrected chi connectivity index (χ3v) is 4.27. The first-order valence-corrected chi connectivity index (χ1v) is 6.76. The average molecular weight is 261 g/mol. The summed E-state index contributed by atoms with van der Waals surface area (Å²) >= 11 is 0. The number of carbonyl (C=O) groups is 1. The normalized spacial score (nSPS) is 29.2. The van der Waals surface area contributed by atoms with E-state index >= 15 is 0 Å². The molecule has 1 amide bonds. The monoisotopic (exact) mass is 261 g/mol. The first kappa shape index (κ1) is 12.3. The van der Waals surface area contributed by atoms with E-state index in [4.69, 9.17) is 5.73 Å². The molecule has 0 spiro atoms. The molecule has 2 heterocycles. The number of nitrogen functional groups attached to an aromatic ring is 1. The van der Waals surface area contributed by atoms with Crippen molar-refractivity contribution in [1.82, 2.24) is 10.6 Å². The fraction of sp³-hybridized carbons (Fsp3) is 0.500. The number of amides is 1. The number of rotatable bonds is 2. The van der Waals surface area contributed by atoms with Crippen LogP contribution in [-0.2, 0) is 0 Å². The second-order valence-corrected chi connectivity index (χ2v) is 5.53. The fourth-order valence-corrected chi connectivity index (χ4v) is 3.11. The number of anilines is 1. The van der Waals surface area contributed by atoms with Crippen molar-refractivity contribution in [3.8, 4) is 5.75 Å². The van der Waals surface area contributed by atoms with Gasteiger partial charge in [-0.3, -0.25) is 4.79 Å². The molecule has 5 heteroatoms. The van der Waals surface area contributed by atoms with Crippen LogP contribution in [0.3, 0.4) is 0 Å². The number of hydrogen-bond acceptors (Lipinski definition) is 4. The Morgan fingerprint density at radius 1 is 1.42 bits per heavy atom. The average Bonchev–Trinajstić information content (AvgIpc) is 2.43. The Bertz CT molecular complexity index is 495. The van der Waals surface area contributed by atoms with Gasteiger partial charge in [-0.1, -0.05) is 0 Å². The van der Waals surface area contributed by atoms with Crippen LogP contribution in [0.5, 0.6) is 5.75 Å². The summed E-state index contributed by atoms with van der Waals surface area (Å²) in [5.41, 5.74) is 6.35. The Hall–Kier alpha value is -1.75. The van der Waals surface area contributed by atoms with Crippen molar-refractivity contribution in [2.75, 3.05) is 12.3 Å². The summed E-state index contributed by atoms with van der Waals surface area (Å²) in [7, 11) is 0. The van der Waals surface area contributed by atoms with E-state index in [-0.39, 0.29) is 23.4 Å². The predicted molar refractivity (Wildman–Crippen MR) is 72.9 cm³/mol. The molecule has 5 nitrogen and oxygen atoms in total. The van der Waals surface area contributed by atoms with E-state index in [2.05, 4.69) is 10.6 Å². The number of aromatic hydroxyl groups is 1. The summed E-state index contributed by atoms with van der Waals surface area (Å²) in [6, 6.07) is 5.37. The zero-order chi connectivity index (χ0) is 13.4. The molecule has 1 aromatic rings. The third-order valence-electron chi connectivity index (χ3n) is 4.27. The summed E-state index contributed by atoms with van der Waals surface area (Å²) < 4.78 is 0. The van der Waals surface area contributed by atoms with Gasteiger partial charge in [0.05, 0.1) is 5.69 Å². The van der Waals surface area contributed by atoms with Crippen LogP contribution in [0.4, 0.5) is 5.69 Å². The Labute approximate surface area is 112 Å². The van der Waals surface area contributed by atoms with Gasteiger partial charge in [-0.2, -0.15) is 0 Å². The second-order valence-electron chi connectivity index (χ2n) is 5.53.